The summed E-state index contributed by atoms with van der Waals surface area (Å²) in [6.45, 7) is 0. The number of carbonyl (C=O) groups excluding carboxylic acids is 1. The molecule has 5 heteroatoms. The lowest BCUT2D eigenvalue weighted by Crippen LogP contribution is -2.38. The molecule has 0 atom stereocenters. The maximum atomic E-state index is 11.0. The van der Waals surface area contributed by atoms with Gasteiger partial charge in [0.2, 0.25) is 5.91 Å². The van der Waals surface area contributed by atoms with E-state index in [1.54, 1.807) is 12.5 Å². The van der Waals surface area contributed by atoms with Gasteiger partial charge in [-0.1, -0.05) is 12.1 Å². The molecule has 1 aliphatic heterocycles. The van der Waals surface area contributed by atoms with Crippen LogP contribution in [0, 0.1) is 0 Å². The van der Waals surface area contributed by atoms with E-state index in [1.165, 1.54) is 0 Å². The summed E-state index contributed by atoms with van der Waals surface area (Å²) in [5.74, 6) is -0.0196. The average molecular weight is 240 g/mol. The number of aromatic nitrogens is 2. The molecule has 1 aliphatic rings. The summed E-state index contributed by atoms with van der Waals surface area (Å²) in [5.41, 5.74) is 8.50. The Balaban J connectivity index is 1.85. The van der Waals surface area contributed by atoms with Crippen LogP contribution in [0.25, 0.3) is 11.4 Å². The number of rotatable bonds is 2. The van der Waals surface area contributed by atoms with Crippen molar-refractivity contribution in [2.24, 2.45) is 0 Å². The minimum Gasteiger partial charge on any atom is -0.306 e. The molecule has 1 aromatic carbocycles. The largest absolute Gasteiger partial charge is 0.306 e. The molecule has 1 aromatic heterocycles. The first kappa shape index (κ1) is 10.6. The number of hydrazine groups is 1. The molecule has 0 spiro atoms. The molecule has 5 nitrogen and oxygen atoms in total. The molecule has 0 radical (unpaired) electrons. The van der Waals surface area contributed by atoms with Gasteiger partial charge < -0.3 is 4.57 Å². The first-order chi connectivity index (χ1) is 8.83. The van der Waals surface area contributed by atoms with Crippen LogP contribution < -0.4 is 10.9 Å². The highest BCUT2D eigenvalue weighted by atomic mass is 16.2. The molecular formula is C13H12N4O. The van der Waals surface area contributed by atoms with Crippen molar-refractivity contribution in [3.63, 3.8) is 0 Å². The Kier molecular flexibility index (Phi) is 2.57. The Morgan fingerprint density at radius 2 is 2.00 bits per heavy atom. The second-order valence-corrected chi connectivity index (χ2v) is 4.01. The zero-order valence-electron chi connectivity index (χ0n) is 9.63. The third-order valence-electron chi connectivity index (χ3n) is 2.81. The highest BCUT2D eigenvalue weighted by Gasteiger charge is 2.09. The van der Waals surface area contributed by atoms with E-state index in [0.717, 1.165) is 16.9 Å². The van der Waals surface area contributed by atoms with Gasteiger partial charge in [0, 0.05) is 24.5 Å². The summed E-state index contributed by atoms with van der Waals surface area (Å²) in [6, 6.07) is 8.03. The minimum absolute atomic E-state index is 0.0196. The van der Waals surface area contributed by atoms with Gasteiger partial charge in [-0.3, -0.25) is 15.6 Å². The van der Waals surface area contributed by atoms with Crippen molar-refractivity contribution < 1.29 is 4.79 Å². The van der Waals surface area contributed by atoms with Crippen molar-refractivity contribution in [2.75, 3.05) is 0 Å². The predicted octanol–water partition coefficient (Wildman–Crippen LogP) is 1.24. The molecule has 0 unspecified atom stereocenters. The van der Waals surface area contributed by atoms with E-state index in [2.05, 4.69) is 15.8 Å². The maximum Gasteiger partial charge on any atom is 0.242 e. The lowest BCUT2D eigenvalue weighted by Gasteiger charge is -2.17. The molecule has 90 valence electrons. The molecule has 3 rings (SSSR count). The summed E-state index contributed by atoms with van der Waals surface area (Å²) in [4.78, 5) is 15.0. The summed E-state index contributed by atoms with van der Waals surface area (Å²) in [7, 11) is 0. The van der Waals surface area contributed by atoms with Gasteiger partial charge in [0.15, 0.2) is 0 Å². The summed E-state index contributed by atoms with van der Waals surface area (Å²) < 4.78 is 1.94. The topological polar surface area (TPSA) is 59.0 Å². The maximum absolute atomic E-state index is 11.0. The number of hydrogen-bond acceptors (Lipinski definition) is 3. The van der Waals surface area contributed by atoms with Crippen LogP contribution in [0.4, 0.5) is 0 Å². The number of nitrogens with one attached hydrogen (secondary N) is 2. The van der Waals surface area contributed by atoms with Crippen molar-refractivity contribution in [1.29, 1.82) is 0 Å². The highest BCUT2D eigenvalue weighted by molar-refractivity contribution is 5.83. The Hall–Kier alpha value is -2.56. The Labute approximate surface area is 104 Å². The first-order valence-corrected chi connectivity index (χ1v) is 5.67. The summed E-state index contributed by atoms with van der Waals surface area (Å²) >= 11 is 0. The second kappa shape index (κ2) is 4.37. The lowest BCUT2D eigenvalue weighted by molar-refractivity contribution is -0.121. The van der Waals surface area contributed by atoms with Gasteiger partial charge in [0.05, 0.1) is 12.0 Å². The molecule has 2 heterocycles. The van der Waals surface area contributed by atoms with Gasteiger partial charge in [-0.15, -0.1) is 0 Å². The van der Waals surface area contributed by atoms with E-state index in [-0.39, 0.29) is 5.91 Å². The predicted molar refractivity (Wildman–Crippen MR) is 67.4 cm³/mol. The van der Waals surface area contributed by atoms with E-state index in [4.69, 9.17) is 0 Å². The molecule has 2 aromatic rings. The minimum atomic E-state index is -0.0196. The van der Waals surface area contributed by atoms with Crippen molar-refractivity contribution >= 4 is 11.6 Å². The van der Waals surface area contributed by atoms with Gasteiger partial charge in [-0.05, 0) is 23.8 Å². The van der Waals surface area contributed by atoms with E-state index in [9.17, 15) is 4.79 Å². The molecule has 2 N–H and O–H groups in total. The summed E-state index contributed by atoms with van der Waals surface area (Å²) in [5, 5.41) is 0. The van der Waals surface area contributed by atoms with Crippen molar-refractivity contribution in [1.82, 2.24) is 20.4 Å². The molecule has 1 amide bonds. The van der Waals surface area contributed by atoms with Crippen LogP contribution in [0.2, 0.25) is 0 Å². The standard InChI is InChI=1S/C13H12N4O/c18-13-6-5-12(15-16-13)10-1-3-11(4-2-10)17-8-7-14-9-17/h1-5,7-9,15H,6H2,(H,16,18). The third kappa shape index (κ3) is 1.98. The fourth-order valence-electron chi connectivity index (χ4n) is 1.85. The number of imidazole rings is 1. The molecular weight excluding hydrogens is 228 g/mol. The zero-order chi connectivity index (χ0) is 12.4. The van der Waals surface area contributed by atoms with Crippen LogP contribution >= 0.6 is 0 Å². The van der Waals surface area contributed by atoms with Crippen molar-refractivity contribution in [2.45, 2.75) is 6.42 Å². The van der Waals surface area contributed by atoms with Gasteiger partial charge in [-0.25, -0.2) is 4.98 Å². The average Bonchev–Trinajstić information content (AvgIpc) is 2.94. The van der Waals surface area contributed by atoms with Crippen LogP contribution in [-0.4, -0.2) is 15.5 Å². The molecule has 0 saturated carbocycles. The fourth-order valence-corrected chi connectivity index (χ4v) is 1.85. The van der Waals surface area contributed by atoms with Gasteiger partial charge in [-0.2, -0.15) is 0 Å². The zero-order valence-corrected chi connectivity index (χ0v) is 9.63. The monoisotopic (exact) mass is 240 g/mol. The molecule has 0 fully saturated rings. The molecule has 18 heavy (non-hydrogen) atoms. The van der Waals surface area contributed by atoms with E-state index in [0.29, 0.717) is 6.42 Å². The van der Waals surface area contributed by atoms with E-state index < -0.39 is 0 Å². The normalized spacial score (nSPS) is 14.7. The summed E-state index contributed by atoms with van der Waals surface area (Å²) in [6.07, 6.45) is 7.69. The van der Waals surface area contributed by atoms with Gasteiger partial charge in [0.1, 0.15) is 0 Å². The SMILES string of the molecule is O=C1CC=C(c2ccc(-n3ccnc3)cc2)NN1. The highest BCUT2D eigenvalue weighted by Crippen LogP contribution is 2.16. The van der Waals surface area contributed by atoms with Crippen molar-refractivity contribution in [3.05, 3.63) is 54.6 Å². The Morgan fingerprint density at radius 1 is 1.17 bits per heavy atom. The Morgan fingerprint density at radius 3 is 2.61 bits per heavy atom. The fraction of sp³-hybridized carbons (Fsp3) is 0.0769. The van der Waals surface area contributed by atoms with Crippen LogP contribution in [0.5, 0.6) is 0 Å². The molecule has 0 bridgehead atoms. The number of benzene rings is 1. The first-order valence-electron chi connectivity index (χ1n) is 5.67. The van der Waals surface area contributed by atoms with Crippen molar-refractivity contribution in [3.8, 4) is 5.69 Å². The molecule has 0 aliphatic carbocycles. The second-order valence-electron chi connectivity index (χ2n) is 4.01. The van der Waals surface area contributed by atoms with Crippen LogP contribution in [-0.2, 0) is 4.79 Å². The van der Waals surface area contributed by atoms with E-state index >= 15 is 0 Å². The van der Waals surface area contributed by atoms with Crippen LogP contribution in [0.15, 0.2) is 49.1 Å². The number of carbonyl (C=O) groups is 1. The Bertz CT molecular complexity index is 584. The number of hydrogen-bond donors (Lipinski definition) is 2. The quantitative estimate of drug-likeness (QED) is 0.830. The van der Waals surface area contributed by atoms with Crippen LogP contribution in [0.1, 0.15) is 12.0 Å². The smallest absolute Gasteiger partial charge is 0.242 e. The van der Waals surface area contributed by atoms with Crippen LogP contribution in [0.3, 0.4) is 0 Å². The van der Waals surface area contributed by atoms with Gasteiger partial charge in [0.25, 0.3) is 0 Å². The number of amides is 1. The lowest BCUT2D eigenvalue weighted by atomic mass is 10.1. The third-order valence-corrected chi connectivity index (χ3v) is 2.81. The molecule has 0 saturated heterocycles. The van der Waals surface area contributed by atoms with Gasteiger partial charge >= 0.3 is 0 Å². The number of nitrogens with zero attached hydrogens (tertiary/aromatic N) is 2. The van der Waals surface area contributed by atoms with E-state index in [1.807, 2.05) is 41.1 Å².